The second kappa shape index (κ2) is 13.8. The number of nitrogens with one attached hydrogen (secondary N) is 2. The lowest BCUT2D eigenvalue weighted by atomic mass is 10.4. The number of nitrogens with zero attached hydrogens (tertiary/aromatic N) is 3. The number of halogens is 1. The Morgan fingerprint density at radius 2 is 2.00 bits per heavy atom. The molecule has 0 fully saturated rings. The lowest BCUT2D eigenvalue weighted by Gasteiger charge is -2.13. The molecule has 0 spiro atoms. The van der Waals surface area contributed by atoms with Crippen LogP contribution in [-0.4, -0.2) is 54.7 Å². The number of aryl methyl sites for hydroxylation is 1. The zero-order valence-corrected chi connectivity index (χ0v) is 20.4. The summed E-state index contributed by atoms with van der Waals surface area (Å²) in [6.07, 6.45) is 2.91. The molecule has 2 N–H and O–H groups in total. The molecule has 0 aliphatic rings. The molecule has 0 saturated heterocycles. The first-order chi connectivity index (χ1) is 13.1. The summed E-state index contributed by atoms with van der Waals surface area (Å²) in [5, 5.41) is 7.59. The molecule has 0 unspecified atom stereocenters. The van der Waals surface area contributed by atoms with Crippen molar-refractivity contribution in [2.75, 3.05) is 32.9 Å². The van der Waals surface area contributed by atoms with Crippen LogP contribution < -0.4 is 10.6 Å². The number of benzene rings is 1. The van der Waals surface area contributed by atoms with E-state index in [0.29, 0.717) is 12.5 Å². The molecule has 9 heteroatoms. The molecule has 1 amide bonds. The van der Waals surface area contributed by atoms with Crippen LogP contribution in [0.25, 0.3) is 0 Å². The molecule has 2 rings (SSSR count). The Morgan fingerprint density at radius 1 is 1.25 bits per heavy atom. The third kappa shape index (κ3) is 9.24. The maximum atomic E-state index is 11.8. The number of likely N-dealkylation sites (N-methyl/N-ethyl adjacent to an activating group) is 1. The van der Waals surface area contributed by atoms with Crippen LogP contribution in [0.3, 0.4) is 0 Å². The predicted molar refractivity (Wildman–Crippen MR) is 130 cm³/mol. The van der Waals surface area contributed by atoms with Gasteiger partial charge in [0.25, 0.3) is 0 Å². The van der Waals surface area contributed by atoms with Crippen LogP contribution in [-0.2, 0) is 17.8 Å². The fourth-order valence-electron chi connectivity index (χ4n) is 2.07. The summed E-state index contributed by atoms with van der Waals surface area (Å²) in [4.78, 5) is 24.7. The van der Waals surface area contributed by atoms with Crippen LogP contribution in [0.1, 0.15) is 16.8 Å². The molecule has 0 bridgehead atoms. The Labute approximate surface area is 192 Å². The van der Waals surface area contributed by atoms with Gasteiger partial charge in [0.2, 0.25) is 5.91 Å². The number of guanidine groups is 1. The summed E-state index contributed by atoms with van der Waals surface area (Å²) in [6, 6.07) is 10.3. The van der Waals surface area contributed by atoms with Crippen molar-refractivity contribution in [3.8, 4) is 0 Å². The normalized spacial score (nSPS) is 10.9. The van der Waals surface area contributed by atoms with Crippen molar-refractivity contribution in [2.24, 2.45) is 4.99 Å². The molecule has 154 valence electrons. The maximum absolute atomic E-state index is 11.8. The van der Waals surface area contributed by atoms with Crippen molar-refractivity contribution in [3.05, 3.63) is 46.4 Å². The Kier molecular flexibility index (Phi) is 12.2. The van der Waals surface area contributed by atoms with Crippen molar-refractivity contribution >= 4 is 58.9 Å². The summed E-state index contributed by atoms with van der Waals surface area (Å²) in [7, 11) is 3.47. The van der Waals surface area contributed by atoms with Gasteiger partial charge in [0.05, 0.1) is 6.54 Å². The van der Waals surface area contributed by atoms with Crippen molar-refractivity contribution in [1.29, 1.82) is 0 Å². The number of carbonyl (C=O) groups is 1. The molecule has 1 aromatic carbocycles. The standard InChI is InChI=1S/C19H27N5OS2.HI/c1-4-15-12-21-17(27-15)13-22-19(23-14-18(25)24(2)3)20-10-11-26-16-8-6-5-7-9-16;/h5-9,12H,4,10-11,13-14H2,1-3H3,(H2,20,22,23);1H. The highest BCUT2D eigenvalue weighted by molar-refractivity contribution is 14.0. The third-order valence-electron chi connectivity index (χ3n) is 3.63. The monoisotopic (exact) mass is 533 g/mol. The number of hydrogen-bond donors (Lipinski definition) is 2. The van der Waals surface area contributed by atoms with Gasteiger partial charge < -0.3 is 15.5 Å². The molecule has 0 aliphatic carbocycles. The Hall–Kier alpha value is -1.33. The number of carbonyl (C=O) groups excluding carboxylic acids is 1. The van der Waals surface area contributed by atoms with Crippen LogP contribution >= 0.6 is 47.1 Å². The Bertz CT molecular complexity index is 737. The largest absolute Gasteiger partial charge is 0.356 e. The third-order valence-corrected chi connectivity index (χ3v) is 5.79. The molecule has 0 atom stereocenters. The van der Waals surface area contributed by atoms with Gasteiger partial charge in [0, 0.05) is 42.4 Å². The van der Waals surface area contributed by atoms with E-state index in [2.05, 4.69) is 39.7 Å². The number of thioether (sulfide) groups is 1. The number of aliphatic imine (C=N–C) groups is 1. The summed E-state index contributed by atoms with van der Waals surface area (Å²) < 4.78 is 0. The molecule has 1 heterocycles. The lowest BCUT2D eigenvalue weighted by Crippen LogP contribution is -2.39. The number of amides is 1. The summed E-state index contributed by atoms with van der Waals surface area (Å²) >= 11 is 3.48. The van der Waals surface area contributed by atoms with Crippen molar-refractivity contribution < 1.29 is 4.79 Å². The molecule has 1 aromatic heterocycles. The molecule has 2 aromatic rings. The van der Waals surface area contributed by atoms with Crippen LogP contribution in [0, 0.1) is 0 Å². The maximum Gasteiger partial charge on any atom is 0.243 e. The van der Waals surface area contributed by atoms with Crippen LogP contribution in [0.15, 0.2) is 46.4 Å². The molecule has 0 saturated carbocycles. The number of aromatic nitrogens is 1. The Morgan fingerprint density at radius 3 is 2.64 bits per heavy atom. The van der Waals surface area contributed by atoms with Crippen LogP contribution in [0.5, 0.6) is 0 Å². The predicted octanol–water partition coefficient (Wildman–Crippen LogP) is 3.24. The second-order valence-electron chi connectivity index (χ2n) is 5.97. The minimum atomic E-state index is -0.0303. The highest BCUT2D eigenvalue weighted by Crippen LogP contribution is 2.15. The van der Waals surface area contributed by atoms with Gasteiger partial charge in [-0.3, -0.25) is 4.79 Å². The van der Waals surface area contributed by atoms with Gasteiger partial charge in [-0.2, -0.15) is 0 Å². The zero-order valence-electron chi connectivity index (χ0n) is 16.5. The van der Waals surface area contributed by atoms with Crippen molar-refractivity contribution in [3.63, 3.8) is 0 Å². The number of hydrogen-bond acceptors (Lipinski definition) is 5. The van der Waals surface area contributed by atoms with Gasteiger partial charge in [-0.05, 0) is 18.6 Å². The minimum absolute atomic E-state index is 0. The molecule has 0 radical (unpaired) electrons. The van der Waals surface area contributed by atoms with E-state index in [1.165, 1.54) is 9.77 Å². The van der Waals surface area contributed by atoms with Gasteiger partial charge in [-0.25, -0.2) is 9.98 Å². The van der Waals surface area contributed by atoms with Gasteiger partial charge in [0.1, 0.15) is 11.6 Å². The number of thiazole rings is 1. The van der Waals surface area contributed by atoms with Gasteiger partial charge in [-0.1, -0.05) is 25.1 Å². The van der Waals surface area contributed by atoms with E-state index in [9.17, 15) is 4.79 Å². The second-order valence-corrected chi connectivity index (χ2v) is 8.34. The van der Waals surface area contributed by atoms with Gasteiger partial charge in [0.15, 0.2) is 5.96 Å². The van der Waals surface area contributed by atoms with E-state index >= 15 is 0 Å². The summed E-state index contributed by atoms with van der Waals surface area (Å²) in [6.45, 7) is 3.58. The first-order valence-electron chi connectivity index (χ1n) is 8.92. The first-order valence-corrected chi connectivity index (χ1v) is 10.7. The molecule has 28 heavy (non-hydrogen) atoms. The SMILES string of the molecule is CCc1cnc(CNC(=NCC(=O)N(C)C)NCCSc2ccccc2)s1.I. The molecular weight excluding hydrogens is 505 g/mol. The first kappa shape index (κ1) is 24.7. The highest BCUT2D eigenvalue weighted by atomic mass is 127. The van der Waals surface area contributed by atoms with E-state index in [1.807, 2.05) is 24.4 Å². The van der Waals surface area contributed by atoms with E-state index in [0.717, 1.165) is 23.7 Å². The van der Waals surface area contributed by atoms with Crippen molar-refractivity contribution in [2.45, 2.75) is 24.8 Å². The highest BCUT2D eigenvalue weighted by Gasteiger charge is 2.06. The van der Waals surface area contributed by atoms with Crippen molar-refractivity contribution in [1.82, 2.24) is 20.5 Å². The summed E-state index contributed by atoms with van der Waals surface area (Å²) in [5.74, 6) is 1.51. The van der Waals surface area contributed by atoms with Gasteiger partial charge >= 0.3 is 0 Å². The van der Waals surface area contributed by atoms with E-state index in [4.69, 9.17) is 0 Å². The smallest absolute Gasteiger partial charge is 0.243 e. The summed E-state index contributed by atoms with van der Waals surface area (Å²) in [5.41, 5.74) is 0. The van der Waals surface area contributed by atoms with E-state index < -0.39 is 0 Å². The lowest BCUT2D eigenvalue weighted by molar-refractivity contribution is -0.127. The average molecular weight is 534 g/mol. The molecular formula is C19H28IN5OS2. The fourth-order valence-corrected chi connectivity index (χ4v) is 3.66. The average Bonchev–Trinajstić information content (AvgIpc) is 3.15. The minimum Gasteiger partial charge on any atom is -0.356 e. The molecule has 0 aliphatic heterocycles. The van der Waals surface area contributed by atoms with E-state index in [1.54, 1.807) is 42.1 Å². The topological polar surface area (TPSA) is 69.6 Å². The van der Waals surface area contributed by atoms with E-state index in [-0.39, 0.29) is 36.4 Å². The number of rotatable bonds is 9. The van der Waals surface area contributed by atoms with Crippen LogP contribution in [0.2, 0.25) is 0 Å². The Balaban J connectivity index is 0.00000392. The molecule has 6 nitrogen and oxygen atoms in total. The quantitative estimate of drug-likeness (QED) is 0.170. The van der Waals surface area contributed by atoms with Crippen LogP contribution in [0.4, 0.5) is 0 Å². The zero-order chi connectivity index (χ0) is 19.5. The van der Waals surface area contributed by atoms with Gasteiger partial charge in [-0.15, -0.1) is 47.1 Å². The fraction of sp³-hybridized carbons (Fsp3) is 0.421.